The summed E-state index contributed by atoms with van der Waals surface area (Å²) in [4.78, 5) is 24.0. The molecule has 1 aliphatic rings. The Balaban J connectivity index is 2.14. The molecule has 0 radical (unpaired) electrons. The molecule has 150 valence electrons. The molecule has 2 amide bonds. The van der Waals surface area contributed by atoms with Crippen molar-refractivity contribution in [2.75, 3.05) is 19.6 Å². The van der Waals surface area contributed by atoms with Crippen LogP contribution in [0.15, 0.2) is 24.3 Å². The van der Waals surface area contributed by atoms with Crippen molar-refractivity contribution in [1.29, 1.82) is 0 Å². The van der Waals surface area contributed by atoms with Gasteiger partial charge >= 0.3 is 18.2 Å². The molecule has 3 N–H and O–H groups in total. The number of halogens is 3. The number of benzene rings is 1. The van der Waals surface area contributed by atoms with Gasteiger partial charge in [0.05, 0.1) is 12.1 Å². The van der Waals surface area contributed by atoms with Crippen molar-refractivity contribution in [2.45, 2.75) is 44.4 Å². The highest BCUT2D eigenvalue weighted by atomic mass is 19.4. The molecule has 2 unspecified atom stereocenters. The molecule has 3 atom stereocenters. The van der Waals surface area contributed by atoms with Gasteiger partial charge in [-0.1, -0.05) is 31.2 Å². The van der Waals surface area contributed by atoms with Crippen molar-refractivity contribution in [3.8, 4) is 0 Å². The summed E-state index contributed by atoms with van der Waals surface area (Å²) in [5, 5.41) is 14.6. The first-order valence-electron chi connectivity index (χ1n) is 8.83. The Kier molecular flexibility index (Phi) is 6.69. The van der Waals surface area contributed by atoms with E-state index in [4.69, 9.17) is 0 Å². The van der Waals surface area contributed by atoms with Crippen molar-refractivity contribution < 1.29 is 27.9 Å². The number of nitrogens with zero attached hydrogens (tertiary/aromatic N) is 1. The molecular weight excluding hydrogens is 363 g/mol. The van der Waals surface area contributed by atoms with Crippen LogP contribution in [0.4, 0.5) is 18.0 Å². The molecule has 27 heavy (non-hydrogen) atoms. The van der Waals surface area contributed by atoms with Gasteiger partial charge < -0.3 is 20.6 Å². The van der Waals surface area contributed by atoms with E-state index in [1.165, 1.54) is 11.8 Å². The van der Waals surface area contributed by atoms with Gasteiger partial charge in [-0.25, -0.2) is 4.79 Å². The molecule has 1 aliphatic heterocycles. The van der Waals surface area contributed by atoms with Crippen LogP contribution >= 0.6 is 0 Å². The molecule has 0 aliphatic carbocycles. The lowest BCUT2D eigenvalue weighted by Gasteiger charge is -2.39. The number of carbonyl (C=O) groups is 2. The molecular formula is C18H24F3N3O3. The maximum Gasteiger partial charge on any atom is 0.471 e. The van der Waals surface area contributed by atoms with E-state index < -0.39 is 24.2 Å². The van der Waals surface area contributed by atoms with Gasteiger partial charge in [0.2, 0.25) is 0 Å². The first-order chi connectivity index (χ1) is 12.6. The van der Waals surface area contributed by atoms with Gasteiger partial charge in [-0.2, -0.15) is 13.2 Å². The average Bonchev–Trinajstić information content (AvgIpc) is 2.62. The molecule has 1 heterocycles. The third-order valence-electron chi connectivity index (χ3n) is 4.90. The predicted molar refractivity (Wildman–Crippen MR) is 93.5 cm³/mol. The minimum atomic E-state index is -4.92. The van der Waals surface area contributed by atoms with Crippen molar-refractivity contribution in [2.24, 2.45) is 0 Å². The van der Waals surface area contributed by atoms with Crippen LogP contribution in [0.5, 0.6) is 0 Å². The lowest BCUT2D eigenvalue weighted by molar-refractivity contribution is -0.174. The van der Waals surface area contributed by atoms with Gasteiger partial charge in [0.1, 0.15) is 0 Å². The molecule has 0 aromatic heterocycles. The number of piperazine rings is 1. The number of carbonyl (C=O) groups excluding carboxylic acids is 1. The average molecular weight is 387 g/mol. The molecule has 1 aromatic carbocycles. The highest BCUT2D eigenvalue weighted by Gasteiger charge is 2.39. The van der Waals surface area contributed by atoms with Gasteiger partial charge in [-0.05, 0) is 24.5 Å². The van der Waals surface area contributed by atoms with Crippen LogP contribution in [0.1, 0.15) is 43.4 Å². The summed E-state index contributed by atoms with van der Waals surface area (Å²) < 4.78 is 37.1. The van der Waals surface area contributed by atoms with E-state index in [1.807, 2.05) is 12.2 Å². The molecule has 1 fully saturated rings. The number of hydrogen-bond donors (Lipinski definition) is 3. The van der Waals surface area contributed by atoms with E-state index in [0.29, 0.717) is 25.2 Å². The topological polar surface area (TPSA) is 81.7 Å². The molecule has 0 bridgehead atoms. The zero-order valence-corrected chi connectivity index (χ0v) is 15.2. The number of alkyl halides is 3. The number of carboxylic acid groups (broad SMARTS) is 1. The number of amides is 2. The fraction of sp³-hybridized carbons (Fsp3) is 0.556. The van der Waals surface area contributed by atoms with E-state index in [1.54, 1.807) is 24.3 Å². The molecule has 6 nitrogen and oxygen atoms in total. The Labute approximate surface area is 155 Å². The summed E-state index contributed by atoms with van der Waals surface area (Å²) in [6, 6.07) is 5.90. The summed E-state index contributed by atoms with van der Waals surface area (Å²) in [5.74, 6) is -2.01. The maximum atomic E-state index is 12.4. The van der Waals surface area contributed by atoms with Crippen molar-refractivity contribution in [1.82, 2.24) is 15.5 Å². The fourth-order valence-corrected chi connectivity index (χ4v) is 3.45. The van der Waals surface area contributed by atoms with Crippen LogP contribution in [0.3, 0.4) is 0 Å². The van der Waals surface area contributed by atoms with Crippen molar-refractivity contribution in [3.63, 3.8) is 0 Å². The van der Waals surface area contributed by atoms with Crippen LogP contribution in [0.25, 0.3) is 0 Å². The Morgan fingerprint density at radius 2 is 1.89 bits per heavy atom. The summed E-state index contributed by atoms with van der Waals surface area (Å²) >= 11 is 0. The van der Waals surface area contributed by atoms with Gasteiger partial charge in [-0.3, -0.25) is 4.79 Å². The van der Waals surface area contributed by atoms with E-state index in [9.17, 15) is 27.9 Å². The Hall–Kier alpha value is -2.29. The highest BCUT2D eigenvalue weighted by molar-refractivity contribution is 5.82. The lowest BCUT2D eigenvalue weighted by atomic mass is 9.86. The Morgan fingerprint density at radius 1 is 1.30 bits per heavy atom. The maximum absolute atomic E-state index is 12.4. The van der Waals surface area contributed by atoms with Crippen molar-refractivity contribution in [3.05, 3.63) is 35.4 Å². The third-order valence-corrected chi connectivity index (χ3v) is 4.90. The van der Waals surface area contributed by atoms with Crippen LogP contribution in [0, 0.1) is 0 Å². The molecule has 1 saturated heterocycles. The fourth-order valence-electron chi connectivity index (χ4n) is 3.45. The molecule has 0 saturated carbocycles. The molecule has 9 heteroatoms. The SMILES string of the molecule is CCC(c1ccc([C@H](C)NC(=O)C(F)(F)F)cc1)C1CNCCN1C(=O)O. The smallest absolute Gasteiger partial charge is 0.465 e. The van der Waals surface area contributed by atoms with E-state index in [0.717, 1.165) is 12.0 Å². The van der Waals surface area contributed by atoms with Crippen LogP contribution in [0.2, 0.25) is 0 Å². The summed E-state index contributed by atoms with van der Waals surface area (Å²) in [5.41, 5.74) is 1.46. The molecule has 1 aromatic rings. The van der Waals surface area contributed by atoms with Crippen LogP contribution in [-0.4, -0.2) is 53.9 Å². The first kappa shape index (κ1) is 21.0. The zero-order valence-electron chi connectivity index (χ0n) is 15.2. The number of hydrogen-bond acceptors (Lipinski definition) is 3. The van der Waals surface area contributed by atoms with Crippen LogP contribution < -0.4 is 10.6 Å². The van der Waals surface area contributed by atoms with Gasteiger partial charge in [0.15, 0.2) is 0 Å². The van der Waals surface area contributed by atoms with Gasteiger partial charge in [0, 0.05) is 25.6 Å². The minimum absolute atomic E-state index is 0.0389. The Morgan fingerprint density at radius 3 is 2.41 bits per heavy atom. The second-order valence-electron chi connectivity index (χ2n) is 6.62. The van der Waals surface area contributed by atoms with Crippen molar-refractivity contribution >= 4 is 12.0 Å². The quantitative estimate of drug-likeness (QED) is 0.726. The van der Waals surface area contributed by atoms with E-state index in [2.05, 4.69) is 5.32 Å². The zero-order chi connectivity index (χ0) is 20.2. The standard InChI is InChI=1S/C18H24F3N3O3/c1-3-14(15-10-22-8-9-24(15)17(26)27)13-6-4-12(5-7-13)11(2)23-16(25)18(19,20)21/h4-7,11,14-15,22H,3,8-10H2,1-2H3,(H,23,25)(H,26,27)/t11-,14?,15?/m0/s1. The monoisotopic (exact) mass is 387 g/mol. The largest absolute Gasteiger partial charge is 0.471 e. The summed E-state index contributed by atoms with van der Waals surface area (Å²) in [7, 11) is 0. The number of nitrogens with one attached hydrogen (secondary N) is 2. The highest BCUT2D eigenvalue weighted by Crippen LogP contribution is 2.29. The summed E-state index contributed by atoms with van der Waals surface area (Å²) in [6.45, 7) is 5.01. The Bertz CT molecular complexity index is 664. The lowest BCUT2D eigenvalue weighted by Crippen LogP contribution is -2.55. The van der Waals surface area contributed by atoms with Crippen LogP contribution in [-0.2, 0) is 4.79 Å². The van der Waals surface area contributed by atoms with E-state index in [-0.39, 0.29) is 12.0 Å². The predicted octanol–water partition coefficient (Wildman–Crippen LogP) is 2.87. The van der Waals surface area contributed by atoms with Gasteiger partial charge in [-0.15, -0.1) is 0 Å². The number of rotatable bonds is 5. The normalized spacial score (nSPS) is 20.0. The first-order valence-corrected chi connectivity index (χ1v) is 8.83. The van der Waals surface area contributed by atoms with Gasteiger partial charge in [0.25, 0.3) is 0 Å². The summed E-state index contributed by atoms with van der Waals surface area (Å²) in [6.07, 6.45) is -5.16. The van der Waals surface area contributed by atoms with E-state index >= 15 is 0 Å². The molecule has 0 spiro atoms. The second-order valence-corrected chi connectivity index (χ2v) is 6.62. The third kappa shape index (κ3) is 5.12. The minimum Gasteiger partial charge on any atom is -0.465 e. The second kappa shape index (κ2) is 8.60. The molecule has 2 rings (SSSR count).